The van der Waals surface area contributed by atoms with E-state index in [9.17, 15) is 15.8 Å². The van der Waals surface area contributed by atoms with Gasteiger partial charge in [-0.3, -0.25) is 0 Å². The normalized spacial score (nSPS) is 11.6. The van der Waals surface area contributed by atoms with Gasteiger partial charge in [0, 0.05) is 148 Å². The number of rotatable bonds is 10. The zero-order valence-electron chi connectivity index (χ0n) is 75.9. The second-order valence-electron chi connectivity index (χ2n) is 35.9. The van der Waals surface area contributed by atoms with Crippen LogP contribution < -0.4 is 0 Å². The van der Waals surface area contributed by atoms with Crippen molar-refractivity contribution in [3.8, 4) is 114 Å². The zero-order chi connectivity index (χ0) is 94.2. The summed E-state index contributed by atoms with van der Waals surface area (Å²) in [5.41, 5.74) is 27.8. The van der Waals surface area contributed by atoms with Crippen molar-refractivity contribution in [1.82, 2.24) is 33.6 Å². The smallest absolute Gasteiger partial charge is 0.161 e. The van der Waals surface area contributed by atoms with Crippen molar-refractivity contribution in [3.05, 3.63) is 466 Å². The predicted octanol–water partition coefficient (Wildman–Crippen LogP) is 34.9. The first-order valence-corrected chi connectivity index (χ1v) is 49.6. The highest BCUT2D eigenvalue weighted by Crippen LogP contribution is 2.48. The summed E-state index contributed by atoms with van der Waals surface area (Å²) < 4.78 is 14.9. The fourth-order valence-electron chi connectivity index (χ4n) is 21.3. The molecule has 0 N–H and O–H groups in total. The Morgan fingerprint density at radius 2 is 0.577 bits per heavy atom. The topological polar surface area (TPSA) is 138 Å². The Hall–Kier alpha value is -18.7. The average molecular weight is 1860 g/mol. The molecule has 29 aromatic rings. The molecule has 658 valence electrons. The molecule has 0 amide bonds. The monoisotopic (exact) mass is 1860 g/mol. The van der Waals surface area contributed by atoms with E-state index in [-0.39, 0.29) is 0 Å². The fraction of sp³-hybridized carbons (Fsp3) is 0. The lowest BCUT2D eigenvalue weighted by Crippen LogP contribution is -1.97. The number of hydrogen-bond acceptors (Lipinski definition) is 10. The van der Waals surface area contributed by atoms with Gasteiger partial charge in [0.25, 0.3) is 0 Å². The van der Waals surface area contributed by atoms with E-state index in [1.807, 2.05) is 143 Å². The lowest BCUT2D eigenvalue weighted by Gasteiger charge is -2.15. The van der Waals surface area contributed by atoms with Crippen molar-refractivity contribution >= 4 is 203 Å². The molecule has 0 aliphatic carbocycles. The van der Waals surface area contributed by atoms with Gasteiger partial charge in [0.05, 0.1) is 78.2 Å². The number of thiophene rings is 3. The number of para-hydroxylation sites is 6. The average Bonchev–Trinajstić information content (AvgIpc) is 1.56. The Balaban J connectivity index is 0.000000107. The Morgan fingerprint density at radius 1 is 0.211 bits per heavy atom. The second kappa shape index (κ2) is 34.0. The maximum Gasteiger partial charge on any atom is 0.161 e. The van der Waals surface area contributed by atoms with Crippen LogP contribution in [0.2, 0.25) is 0 Å². The number of nitrogens with zero attached hydrogens (tertiary/aromatic N) is 10. The van der Waals surface area contributed by atoms with Crippen LogP contribution in [0.15, 0.2) is 449 Å². The highest BCUT2D eigenvalue weighted by Gasteiger charge is 2.24. The molecule has 0 atom stereocenters. The molecular weight excluding hydrogens is 1790 g/mol. The van der Waals surface area contributed by atoms with Gasteiger partial charge in [-0.25, -0.2) is 19.9 Å². The third kappa shape index (κ3) is 13.9. The molecule has 29 rings (SSSR count). The molecule has 0 radical (unpaired) electrons. The second-order valence-corrected chi connectivity index (χ2v) is 39.2. The van der Waals surface area contributed by atoms with E-state index in [0.29, 0.717) is 22.6 Å². The van der Waals surface area contributed by atoms with Crippen LogP contribution in [0, 0.1) is 34.0 Å². The molecule has 20 aromatic carbocycles. The number of benzene rings is 20. The Kier molecular flexibility index (Phi) is 19.8. The molecule has 0 aliphatic rings. The van der Waals surface area contributed by atoms with E-state index in [2.05, 4.69) is 377 Å². The first-order chi connectivity index (χ1) is 70.2. The molecule has 9 heterocycles. The molecule has 142 heavy (non-hydrogen) atoms. The Bertz CT molecular complexity index is 10100. The number of aromatic nitrogens is 7. The third-order valence-electron chi connectivity index (χ3n) is 27.9. The third-order valence-corrected chi connectivity index (χ3v) is 31.4. The minimum atomic E-state index is 0.388. The standard InChI is InChI=1S/C50H29N3S.C40H23N3S.C39H22N4S/c51-30-42-38-14-6-8-16-43(38)52-50(48(42)32-11-2-1-3-12-32)33-18-23-36(24-19-33)53-44-17-9-7-15-39(44)40-28-34(20-25-45(40)53)35-22-26-46-41(29-35)49-37-13-5-4-10-31(37)21-27-47(49)54-46;41-24-28-23-36(42-35-10-4-1-7-30(28)35)25-13-17-29(18-14-25)43-37-11-5-2-8-31(37)33-21-26(15-19-38(33)43)27-16-20-40-34(22-27)32-9-3-6-12-39(32)44-40;40-23-34-30-9-1-4-10-33(30)41-39(42-34)24-13-17-27(18-14-24)43-35-11-5-2-7-28(35)31-21-25(15-19-36(31)43)26-16-20-38-32(22-26)29-8-3-6-12-37(29)44-38/h1-29H;1-23H;1-22H. The van der Waals surface area contributed by atoms with Crippen molar-refractivity contribution in [3.63, 3.8) is 0 Å². The van der Waals surface area contributed by atoms with E-state index in [0.717, 1.165) is 111 Å². The van der Waals surface area contributed by atoms with Gasteiger partial charge in [-0.1, -0.05) is 261 Å². The van der Waals surface area contributed by atoms with Crippen molar-refractivity contribution in [2.24, 2.45) is 0 Å². The lowest BCUT2D eigenvalue weighted by molar-refractivity contribution is 1.17. The number of hydrogen-bond donors (Lipinski definition) is 0. The minimum absolute atomic E-state index is 0.388. The van der Waals surface area contributed by atoms with Gasteiger partial charge in [0.1, 0.15) is 12.1 Å². The number of pyridine rings is 2. The van der Waals surface area contributed by atoms with Crippen molar-refractivity contribution in [2.45, 2.75) is 0 Å². The van der Waals surface area contributed by atoms with Gasteiger partial charge in [-0.15, -0.1) is 34.0 Å². The van der Waals surface area contributed by atoms with Crippen LogP contribution in [-0.2, 0) is 0 Å². The van der Waals surface area contributed by atoms with Gasteiger partial charge >= 0.3 is 0 Å². The van der Waals surface area contributed by atoms with Crippen LogP contribution in [0.3, 0.4) is 0 Å². The predicted molar refractivity (Wildman–Crippen MR) is 594 cm³/mol. The van der Waals surface area contributed by atoms with Gasteiger partial charge < -0.3 is 13.7 Å². The van der Waals surface area contributed by atoms with Crippen molar-refractivity contribution < 1.29 is 0 Å². The Morgan fingerprint density at radius 3 is 1.08 bits per heavy atom. The largest absolute Gasteiger partial charge is 0.309 e. The van der Waals surface area contributed by atoms with E-state index in [1.165, 1.54) is 148 Å². The summed E-state index contributed by atoms with van der Waals surface area (Å²) in [4.78, 5) is 19.3. The van der Waals surface area contributed by atoms with Crippen LogP contribution >= 0.6 is 34.0 Å². The summed E-state index contributed by atoms with van der Waals surface area (Å²) >= 11 is 5.56. The summed E-state index contributed by atoms with van der Waals surface area (Å²) in [5.74, 6) is 0.550. The summed E-state index contributed by atoms with van der Waals surface area (Å²) in [6.45, 7) is 0. The van der Waals surface area contributed by atoms with Gasteiger partial charge in [-0.2, -0.15) is 15.8 Å². The van der Waals surface area contributed by atoms with Crippen LogP contribution in [0.5, 0.6) is 0 Å². The van der Waals surface area contributed by atoms with E-state index < -0.39 is 0 Å². The molecule has 0 saturated carbocycles. The molecule has 0 spiro atoms. The van der Waals surface area contributed by atoms with Gasteiger partial charge in [-0.05, 0) is 238 Å². The van der Waals surface area contributed by atoms with Gasteiger partial charge in [0.15, 0.2) is 11.5 Å². The first-order valence-electron chi connectivity index (χ1n) is 47.2. The number of fused-ring (bicyclic) bond motifs is 23. The molecule has 0 fully saturated rings. The summed E-state index contributed by atoms with van der Waals surface area (Å²) in [6.07, 6.45) is 0. The summed E-state index contributed by atoms with van der Waals surface area (Å²) in [7, 11) is 0. The molecule has 9 aromatic heterocycles. The molecule has 10 nitrogen and oxygen atoms in total. The van der Waals surface area contributed by atoms with Gasteiger partial charge in [0.2, 0.25) is 0 Å². The van der Waals surface area contributed by atoms with Crippen molar-refractivity contribution in [1.29, 1.82) is 15.8 Å². The summed E-state index contributed by atoms with van der Waals surface area (Å²) in [6, 6.07) is 165. The quantitative estimate of drug-likeness (QED) is 0.133. The molecule has 0 bridgehead atoms. The fourth-order valence-corrected chi connectivity index (χ4v) is 24.5. The highest BCUT2D eigenvalue weighted by atomic mass is 32.1. The van der Waals surface area contributed by atoms with Crippen molar-refractivity contribution in [2.75, 3.05) is 0 Å². The minimum Gasteiger partial charge on any atom is -0.309 e. The van der Waals surface area contributed by atoms with Crippen LogP contribution in [0.1, 0.15) is 16.8 Å². The maximum atomic E-state index is 10.4. The van der Waals surface area contributed by atoms with E-state index >= 15 is 0 Å². The van der Waals surface area contributed by atoms with Crippen LogP contribution in [0.25, 0.3) is 265 Å². The Labute approximate surface area is 825 Å². The highest BCUT2D eigenvalue weighted by molar-refractivity contribution is 7.26. The molecule has 0 saturated heterocycles. The maximum absolute atomic E-state index is 10.4. The molecule has 0 unspecified atom stereocenters. The first kappa shape index (κ1) is 82.8. The van der Waals surface area contributed by atoms with E-state index in [4.69, 9.17) is 15.0 Å². The molecular formula is C129H74N10S3. The zero-order valence-corrected chi connectivity index (χ0v) is 78.4. The van der Waals surface area contributed by atoms with E-state index in [1.54, 1.807) is 0 Å². The molecule has 13 heteroatoms. The SMILES string of the molecule is N#Cc1c(-c2ccccc2)c(-c2ccc(-n3c4ccccc4c4cc(-c5ccc6sc7ccc8ccccc8c7c6c5)ccc43)cc2)nc2ccccc12.N#Cc1cc(-c2ccc(-n3c4ccccc4c4cc(-c5ccc6sc7ccccc7c6c5)ccc43)cc2)nc2ccccc12.N#Cc1nc(-c2ccc(-n3c4ccccc4c4cc(-c5ccc6sc7ccccc7c6c5)ccc43)cc2)nc2ccccc12. The van der Waals surface area contributed by atoms with Crippen LogP contribution in [0.4, 0.5) is 0 Å². The molecule has 0 aliphatic heterocycles. The summed E-state index contributed by atoms with van der Waals surface area (Å²) in [5, 5.41) is 50.2. The lowest BCUT2D eigenvalue weighted by atomic mass is 9.92. The van der Waals surface area contributed by atoms with Crippen LogP contribution in [-0.4, -0.2) is 33.6 Å². The number of nitriles is 3.